The summed E-state index contributed by atoms with van der Waals surface area (Å²) < 4.78 is 34.8. The maximum atomic E-state index is 12.8. The van der Waals surface area contributed by atoms with Crippen molar-refractivity contribution < 1.29 is 27.8 Å². The summed E-state index contributed by atoms with van der Waals surface area (Å²) in [5, 5.41) is 11.7. The second-order valence-electron chi connectivity index (χ2n) is 6.62. The molecule has 0 aliphatic carbocycles. The molecule has 168 valence electrons. The average Bonchev–Trinajstić information content (AvgIpc) is 2.80. The van der Waals surface area contributed by atoms with E-state index in [1.807, 2.05) is 0 Å². The Labute approximate surface area is 193 Å². The minimum absolute atomic E-state index is 0.0229. The number of nitriles is 1. The van der Waals surface area contributed by atoms with Crippen LogP contribution in [-0.2, 0) is 9.53 Å². The topological polar surface area (TPSA) is 88.4 Å². The number of alkyl halides is 2. The van der Waals surface area contributed by atoms with Gasteiger partial charge in [0.15, 0.2) is 6.10 Å². The molecule has 0 saturated heterocycles. The molecule has 0 saturated carbocycles. The number of ether oxygens (including phenoxy) is 2. The van der Waals surface area contributed by atoms with Gasteiger partial charge in [-0.05, 0) is 43.3 Å². The molecular weight excluding hydrogens is 450 g/mol. The van der Waals surface area contributed by atoms with Gasteiger partial charge in [0.2, 0.25) is 0 Å². The lowest BCUT2D eigenvalue weighted by Crippen LogP contribution is -2.30. The van der Waals surface area contributed by atoms with E-state index in [0.29, 0.717) is 15.4 Å². The van der Waals surface area contributed by atoms with Crippen molar-refractivity contribution >= 4 is 29.3 Å². The lowest BCUT2D eigenvalue weighted by molar-refractivity contribution is -0.123. The zero-order valence-corrected chi connectivity index (χ0v) is 18.1. The molecule has 0 aliphatic rings. The fraction of sp³-hybridized carbons (Fsp3) is 0.125. The molecule has 33 heavy (non-hydrogen) atoms. The quantitative estimate of drug-likeness (QED) is 0.440. The maximum absolute atomic E-state index is 12.8. The predicted molar refractivity (Wildman–Crippen MR) is 118 cm³/mol. The smallest absolute Gasteiger partial charge is 0.387 e. The van der Waals surface area contributed by atoms with Gasteiger partial charge in [-0.1, -0.05) is 48.2 Å². The van der Waals surface area contributed by atoms with Gasteiger partial charge in [0.25, 0.3) is 5.91 Å². The van der Waals surface area contributed by atoms with E-state index in [1.54, 1.807) is 48.5 Å². The van der Waals surface area contributed by atoms with E-state index in [9.17, 15) is 23.6 Å². The van der Waals surface area contributed by atoms with Crippen LogP contribution in [0, 0.1) is 11.3 Å². The molecule has 3 aromatic rings. The Morgan fingerprint density at radius 3 is 2.33 bits per heavy atom. The number of para-hydroxylation sites is 2. The lowest BCUT2D eigenvalue weighted by atomic mass is 10.2. The van der Waals surface area contributed by atoms with Crippen molar-refractivity contribution in [2.45, 2.75) is 29.4 Å². The van der Waals surface area contributed by atoms with Crippen molar-refractivity contribution in [3.63, 3.8) is 0 Å². The van der Waals surface area contributed by atoms with Gasteiger partial charge in [0, 0.05) is 9.79 Å². The second kappa shape index (κ2) is 11.1. The molecule has 6 nitrogen and oxygen atoms in total. The summed E-state index contributed by atoms with van der Waals surface area (Å²) in [6.45, 7) is -1.69. The summed E-state index contributed by atoms with van der Waals surface area (Å²) in [5.41, 5.74) is 0.703. The highest BCUT2D eigenvalue weighted by Gasteiger charge is 2.22. The average molecular weight is 468 g/mol. The summed E-state index contributed by atoms with van der Waals surface area (Å²) in [6.07, 6.45) is -1.22. The zero-order chi connectivity index (χ0) is 23.8. The highest BCUT2D eigenvalue weighted by Crippen LogP contribution is 2.33. The number of rotatable bonds is 8. The summed E-state index contributed by atoms with van der Waals surface area (Å²) in [4.78, 5) is 26.5. The summed E-state index contributed by atoms with van der Waals surface area (Å²) >= 11 is 1.23. The third-order valence-corrected chi connectivity index (χ3v) is 5.50. The summed E-state index contributed by atoms with van der Waals surface area (Å²) in [5.74, 6) is -1.67. The van der Waals surface area contributed by atoms with Crippen LogP contribution in [0.25, 0.3) is 0 Å². The SMILES string of the molecule is CC(OC(=O)c1ccccc1Sc1ccccc1C#N)C(=O)Nc1ccccc1OC(F)F. The fourth-order valence-corrected chi connectivity index (χ4v) is 3.79. The van der Waals surface area contributed by atoms with Gasteiger partial charge in [-0.25, -0.2) is 4.79 Å². The Kier molecular flexibility index (Phi) is 8.00. The number of carbonyl (C=O) groups is 2. The number of hydrogen-bond donors (Lipinski definition) is 1. The predicted octanol–water partition coefficient (Wildman–Crippen LogP) is 5.49. The van der Waals surface area contributed by atoms with Crippen molar-refractivity contribution in [2.24, 2.45) is 0 Å². The first-order valence-corrected chi connectivity index (χ1v) is 10.5. The third kappa shape index (κ3) is 6.30. The summed E-state index contributed by atoms with van der Waals surface area (Å²) in [6, 6.07) is 21.4. The number of anilines is 1. The summed E-state index contributed by atoms with van der Waals surface area (Å²) in [7, 11) is 0. The molecule has 3 rings (SSSR count). The molecule has 0 spiro atoms. The van der Waals surface area contributed by atoms with E-state index >= 15 is 0 Å². The van der Waals surface area contributed by atoms with E-state index in [4.69, 9.17) is 4.74 Å². The molecule has 1 amide bonds. The van der Waals surface area contributed by atoms with Gasteiger partial charge >= 0.3 is 12.6 Å². The Hall–Kier alpha value is -3.90. The van der Waals surface area contributed by atoms with E-state index in [0.717, 1.165) is 0 Å². The molecule has 0 radical (unpaired) electrons. The van der Waals surface area contributed by atoms with Gasteiger partial charge < -0.3 is 14.8 Å². The number of carbonyl (C=O) groups excluding carboxylic acids is 2. The molecule has 0 aliphatic heterocycles. The lowest BCUT2D eigenvalue weighted by Gasteiger charge is -2.16. The first-order chi connectivity index (χ1) is 15.9. The number of nitrogens with one attached hydrogen (secondary N) is 1. The Balaban J connectivity index is 1.72. The Morgan fingerprint density at radius 2 is 1.61 bits per heavy atom. The molecular formula is C24H18F2N2O4S. The molecule has 0 bridgehead atoms. The number of hydrogen-bond acceptors (Lipinski definition) is 6. The van der Waals surface area contributed by atoms with Crippen LogP contribution >= 0.6 is 11.8 Å². The van der Waals surface area contributed by atoms with Gasteiger partial charge in [-0.2, -0.15) is 14.0 Å². The van der Waals surface area contributed by atoms with Gasteiger partial charge in [0.1, 0.15) is 11.8 Å². The highest BCUT2D eigenvalue weighted by atomic mass is 32.2. The number of amides is 1. The molecule has 1 unspecified atom stereocenters. The van der Waals surface area contributed by atoms with Gasteiger partial charge in [-0.15, -0.1) is 0 Å². The zero-order valence-electron chi connectivity index (χ0n) is 17.3. The molecule has 0 aromatic heterocycles. The van der Waals surface area contributed by atoms with Crippen LogP contribution in [0.4, 0.5) is 14.5 Å². The van der Waals surface area contributed by atoms with E-state index in [2.05, 4.69) is 16.1 Å². The first-order valence-electron chi connectivity index (χ1n) is 9.70. The van der Waals surface area contributed by atoms with Crippen LogP contribution in [0.3, 0.4) is 0 Å². The van der Waals surface area contributed by atoms with Gasteiger partial charge in [0.05, 0.1) is 16.8 Å². The van der Waals surface area contributed by atoms with Crippen molar-refractivity contribution in [1.82, 2.24) is 0 Å². The molecule has 3 aromatic carbocycles. The number of benzene rings is 3. The number of nitrogens with zero attached hydrogens (tertiary/aromatic N) is 1. The van der Waals surface area contributed by atoms with Crippen molar-refractivity contribution in [3.05, 3.63) is 83.9 Å². The molecule has 0 heterocycles. The van der Waals surface area contributed by atoms with E-state index in [1.165, 1.54) is 43.0 Å². The van der Waals surface area contributed by atoms with Crippen molar-refractivity contribution in [2.75, 3.05) is 5.32 Å². The van der Waals surface area contributed by atoms with Crippen LogP contribution < -0.4 is 10.1 Å². The fourth-order valence-electron chi connectivity index (χ4n) is 2.77. The van der Waals surface area contributed by atoms with Crippen LogP contribution in [0.15, 0.2) is 82.6 Å². The van der Waals surface area contributed by atoms with Crippen molar-refractivity contribution in [1.29, 1.82) is 5.26 Å². The first kappa shape index (κ1) is 23.8. The van der Waals surface area contributed by atoms with Crippen LogP contribution in [0.2, 0.25) is 0 Å². The number of esters is 1. The molecule has 9 heteroatoms. The standard InChI is InChI=1S/C24H18F2N2O4S/c1-15(22(29)28-18-10-4-5-11-19(18)32-24(25)26)31-23(30)17-9-3-7-13-21(17)33-20-12-6-2-8-16(20)14-27/h2-13,15,24H,1H3,(H,28,29). The monoisotopic (exact) mass is 468 g/mol. The second-order valence-corrected chi connectivity index (χ2v) is 7.70. The minimum Gasteiger partial charge on any atom is -0.449 e. The maximum Gasteiger partial charge on any atom is 0.387 e. The molecule has 1 N–H and O–H groups in total. The highest BCUT2D eigenvalue weighted by molar-refractivity contribution is 7.99. The van der Waals surface area contributed by atoms with Crippen molar-refractivity contribution in [3.8, 4) is 11.8 Å². The van der Waals surface area contributed by atoms with Crippen LogP contribution in [0.5, 0.6) is 5.75 Å². The third-order valence-electron chi connectivity index (χ3n) is 4.35. The Bertz CT molecular complexity index is 1200. The van der Waals surface area contributed by atoms with Crippen LogP contribution in [-0.4, -0.2) is 24.6 Å². The number of halogens is 2. The normalized spacial score (nSPS) is 11.4. The van der Waals surface area contributed by atoms with Gasteiger partial charge in [-0.3, -0.25) is 4.79 Å². The van der Waals surface area contributed by atoms with Crippen LogP contribution in [0.1, 0.15) is 22.8 Å². The Morgan fingerprint density at radius 1 is 0.970 bits per heavy atom. The van der Waals surface area contributed by atoms with E-state index < -0.39 is 24.6 Å². The van der Waals surface area contributed by atoms with E-state index in [-0.39, 0.29) is 17.0 Å². The minimum atomic E-state index is -3.06. The largest absolute Gasteiger partial charge is 0.449 e. The molecule has 1 atom stereocenters. The molecule has 0 fully saturated rings.